The fourth-order valence-electron chi connectivity index (χ4n) is 3.19. The predicted octanol–water partition coefficient (Wildman–Crippen LogP) is 4.83. The average molecular weight is 595 g/mol. The van der Waals surface area contributed by atoms with E-state index in [2.05, 4.69) is 19.2 Å². The van der Waals surface area contributed by atoms with Crippen molar-refractivity contribution in [3.8, 4) is 6.07 Å². The lowest BCUT2D eigenvalue weighted by atomic mass is 10.0. The Morgan fingerprint density at radius 2 is 1.97 bits per heavy atom. The van der Waals surface area contributed by atoms with Crippen molar-refractivity contribution in [1.82, 2.24) is 9.97 Å². The number of aromatic amines is 1. The first kappa shape index (κ1) is 23.0. The third-order valence-electron chi connectivity index (χ3n) is 4.73. The Kier molecular flexibility index (Phi) is 6.29. The van der Waals surface area contributed by atoms with Gasteiger partial charge in [-0.2, -0.15) is 5.26 Å². The highest BCUT2D eigenvalue weighted by atomic mass is 127. The van der Waals surface area contributed by atoms with Crippen LogP contribution < -0.4 is 4.72 Å². The Labute approximate surface area is 203 Å². The number of benzene rings is 2. The highest BCUT2D eigenvalue weighted by Gasteiger charge is 2.25. The summed E-state index contributed by atoms with van der Waals surface area (Å²) in [6.07, 6.45) is 2.83. The number of nitrogens with one attached hydrogen (secondary N) is 2. The molecule has 2 heterocycles. The maximum atomic E-state index is 14.9. The second kappa shape index (κ2) is 9.01. The number of halogens is 3. The Bertz CT molecular complexity index is 1580. The Morgan fingerprint density at radius 3 is 2.64 bits per heavy atom. The van der Waals surface area contributed by atoms with Gasteiger partial charge in [0, 0.05) is 26.9 Å². The van der Waals surface area contributed by atoms with Gasteiger partial charge in [0.1, 0.15) is 11.5 Å². The zero-order chi connectivity index (χ0) is 23.8. The lowest BCUT2D eigenvalue weighted by Gasteiger charge is -2.14. The number of sulfonamides is 1. The van der Waals surface area contributed by atoms with E-state index in [-0.39, 0.29) is 25.3 Å². The summed E-state index contributed by atoms with van der Waals surface area (Å²) in [7, 11) is -4.06. The van der Waals surface area contributed by atoms with Crippen molar-refractivity contribution in [2.24, 2.45) is 0 Å². The Morgan fingerprint density at radius 1 is 1.24 bits per heavy atom. The zero-order valence-corrected chi connectivity index (χ0v) is 20.3. The second-order valence-electron chi connectivity index (χ2n) is 6.74. The van der Waals surface area contributed by atoms with Crippen LogP contribution in [0, 0.1) is 20.7 Å². The number of nitrogens with zero attached hydrogens (tertiary/aromatic N) is 2. The van der Waals surface area contributed by atoms with Crippen molar-refractivity contribution in [3.05, 3.63) is 86.0 Å². The molecule has 4 rings (SSSR count). The number of rotatable bonds is 6. The van der Waals surface area contributed by atoms with E-state index in [1.165, 1.54) is 42.7 Å². The molecule has 166 valence electrons. The molecule has 2 aromatic heterocycles. The van der Waals surface area contributed by atoms with Crippen molar-refractivity contribution in [1.29, 1.82) is 5.26 Å². The lowest BCUT2D eigenvalue weighted by molar-refractivity contribution is 0.103. The van der Waals surface area contributed by atoms with Gasteiger partial charge in [-0.1, -0.05) is 36.8 Å². The predicted molar refractivity (Wildman–Crippen MR) is 133 cm³/mol. The van der Waals surface area contributed by atoms with Gasteiger partial charge in [0.2, 0.25) is 0 Å². The summed E-state index contributed by atoms with van der Waals surface area (Å²) in [6.45, 7) is 0. The van der Waals surface area contributed by atoms with E-state index in [0.717, 1.165) is 6.07 Å². The van der Waals surface area contributed by atoms with Gasteiger partial charge in [-0.15, -0.1) is 0 Å². The normalized spacial score (nSPS) is 11.3. The SMILES string of the molecule is C=Ic1c(NS(=O)(=O)c2ccc(C#N)cc2)ccc(F)c1C(=O)c1c[nH]c2ncc(Cl)cc12. The molecule has 0 aliphatic heterocycles. The fraction of sp³-hybridized carbons (Fsp3) is 0. The number of carbonyl (C=O) groups is 1. The molecule has 0 atom stereocenters. The summed E-state index contributed by atoms with van der Waals surface area (Å²) >= 11 is 4.82. The van der Waals surface area contributed by atoms with Crippen molar-refractivity contribution < 1.29 is 17.6 Å². The Hall–Kier alpha value is -3.14. The molecule has 0 fully saturated rings. The summed E-state index contributed by atoms with van der Waals surface area (Å²) in [5, 5.41) is 9.63. The monoisotopic (exact) mass is 594 g/mol. The molecule has 7 nitrogen and oxygen atoms in total. The quantitative estimate of drug-likeness (QED) is 0.245. The number of anilines is 1. The number of hydrogen-bond acceptors (Lipinski definition) is 5. The van der Waals surface area contributed by atoms with Crippen LogP contribution in [-0.2, 0) is 10.0 Å². The van der Waals surface area contributed by atoms with Crippen LogP contribution in [0.3, 0.4) is 0 Å². The highest BCUT2D eigenvalue weighted by Crippen LogP contribution is 2.32. The van der Waals surface area contributed by atoms with Gasteiger partial charge in [0.15, 0.2) is 5.78 Å². The minimum Gasteiger partial charge on any atom is -0.345 e. The summed E-state index contributed by atoms with van der Waals surface area (Å²) in [4.78, 5) is 20.2. The number of pyridine rings is 1. The second-order valence-corrected chi connectivity index (χ2v) is 10.7. The van der Waals surface area contributed by atoms with E-state index in [1.807, 2.05) is 6.07 Å². The van der Waals surface area contributed by atoms with E-state index < -0.39 is 42.4 Å². The summed E-state index contributed by atoms with van der Waals surface area (Å²) in [6, 6.07) is 11.1. The molecule has 0 bridgehead atoms. The van der Waals surface area contributed by atoms with Crippen LogP contribution in [0.15, 0.2) is 59.8 Å². The number of H-pyrrole nitrogens is 1. The minimum atomic E-state index is -4.06. The smallest absolute Gasteiger partial charge is 0.261 e. The van der Waals surface area contributed by atoms with Gasteiger partial charge in [0.05, 0.1) is 32.8 Å². The number of ketones is 1. The van der Waals surface area contributed by atoms with Crippen molar-refractivity contribution in [2.75, 3.05) is 4.72 Å². The molecule has 0 spiro atoms. The molecule has 33 heavy (non-hydrogen) atoms. The number of fused-ring (bicyclic) bond motifs is 1. The maximum Gasteiger partial charge on any atom is 0.261 e. The molecule has 0 aliphatic rings. The minimum absolute atomic E-state index is 0.0721. The number of nitriles is 1. The van der Waals surface area contributed by atoms with E-state index >= 15 is 0 Å². The van der Waals surface area contributed by atoms with Gasteiger partial charge >= 0.3 is 0 Å². The van der Waals surface area contributed by atoms with Crippen LogP contribution in [0.2, 0.25) is 5.02 Å². The van der Waals surface area contributed by atoms with Crippen LogP contribution in [-0.4, -0.2) is 28.7 Å². The standard InChI is InChI=1S/C22H13ClFIN4O3S/c1-25-20-18(29-33(31,32)14-4-2-12(9-26)3-5-14)7-6-17(24)19(20)21(30)16-11-28-22-15(16)8-13(23)10-27-22/h2-8,10-11,29H,1H2,(H,27,28). The molecule has 0 radical (unpaired) electrons. The largest absolute Gasteiger partial charge is 0.345 e. The molecule has 0 aliphatic carbocycles. The van der Waals surface area contributed by atoms with Gasteiger partial charge in [0.25, 0.3) is 10.0 Å². The molecule has 2 aromatic carbocycles. The van der Waals surface area contributed by atoms with E-state index in [0.29, 0.717) is 21.6 Å². The number of aromatic nitrogens is 2. The first-order valence-electron chi connectivity index (χ1n) is 9.16. The summed E-state index contributed by atoms with van der Waals surface area (Å²) in [5.41, 5.74) is 0.694. The fourth-order valence-corrected chi connectivity index (χ4v) is 6.21. The van der Waals surface area contributed by atoms with Crippen molar-refractivity contribution in [2.45, 2.75) is 4.90 Å². The van der Waals surface area contributed by atoms with Crippen molar-refractivity contribution >= 4 is 69.4 Å². The van der Waals surface area contributed by atoms with E-state index in [9.17, 15) is 17.6 Å². The maximum absolute atomic E-state index is 14.9. The summed E-state index contributed by atoms with van der Waals surface area (Å²) < 4.78 is 47.1. The topological polar surface area (TPSA) is 116 Å². The third-order valence-corrected chi connectivity index (χ3v) is 8.20. The molecule has 0 saturated heterocycles. The molecular weight excluding hydrogens is 582 g/mol. The lowest BCUT2D eigenvalue weighted by Crippen LogP contribution is -2.16. The molecule has 0 saturated carbocycles. The van der Waals surface area contributed by atoms with Crippen LogP contribution in [0.4, 0.5) is 10.1 Å². The first-order chi connectivity index (χ1) is 15.7. The van der Waals surface area contributed by atoms with Crippen LogP contribution in [0.5, 0.6) is 0 Å². The molecular formula is C22H13ClFIN4O3S. The van der Waals surface area contributed by atoms with Gasteiger partial charge in [-0.05, 0) is 42.5 Å². The van der Waals surface area contributed by atoms with E-state index in [1.54, 1.807) is 6.07 Å². The summed E-state index contributed by atoms with van der Waals surface area (Å²) in [5.74, 6) is -1.43. The van der Waals surface area contributed by atoms with Gasteiger partial charge in [-0.3, -0.25) is 9.52 Å². The molecule has 4 aromatic rings. The molecule has 0 amide bonds. The molecule has 0 unspecified atom stereocenters. The number of carbonyl (C=O) groups excluding carboxylic acids is 1. The van der Waals surface area contributed by atoms with Crippen molar-refractivity contribution in [3.63, 3.8) is 0 Å². The zero-order valence-electron chi connectivity index (χ0n) is 16.6. The van der Waals surface area contributed by atoms with Crippen LogP contribution >= 0.6 is 32.3 Å². The third kappa shape index (κ3) is 4.39. The van der Waals surface area contributed by atoms with Crippen LogP contribution in [0.25, 0.3) is 11.0 Å². The van der Waals surface area contributed by atoms with Gasteiger partial charge < -0.3 is 4.98 Å². The first-order valence-corrected chi connectivity index (χ1v) is 13.6. The van der Waals surface area contributed by atoms with E-state index in [4.69, 9.17) is 16.9 Å². The molecule has 11 heteroatoms. The number of hydrogen-bond donors (Lipinski definition) is 2. The average Bonchev–Trinajstić information content (AvgIpc) is 3.22. The Balaban J connectivity index is 1.79. The van der Waals surface area contributed by atoms with Crippen LogP contribution in [0.1, 0.15) is 21.5 Å². The van der Waals surface area contributed by atoms with Gasteiger partial charge in [-0.25, -0.2) is 17.8 Å². The molecule has 2 N–H and O–H groups in total. The highest BCUT2D eigenvalue weighted by molar-refractivity contribution is 14.2.